The highest BCUT2D eigenvalue weighted by Gasteiger charge is 2.28. The molecule has 0 bridgehead atoms. The lowest BCUT2D eigenvalue weighted by Gasteiger charge is -2.25. The third-order valence-electron chi connectivity index (χ3n) is 6.24. The molecule has 1 N–H and O–H groups in total. The van der Waals surface area contributed by atoms with Crippen molar-refractivity contribution in [1.82, 2.24) is 14.8 Å². The zero-order valence-electron chi connectivity index (χ0n) is 19.9. The molecule has 0 amide bonds. The van der Waals surface area contributed by atoms with Gasteiger partial charge in [0.2, 0.25) is 0 Å². The van der Waals surface area contributed by atoms with Crippen molar-refractivity contribution in [2.45, 2.75) is 56.4 Å². The van der Waals surface area contributed by atoms with Crippen LogP contribution in [-0.2, 0) is 10.0 Å². The summed E-state index contributed by atoms with van der Waals surface area (Å²) in [7, 11) is -3.58. The van der Waals surface area contributed by atoms with Crippen LogP contribution in [0.5, 0.6) is 5.75 Å². The highest BCUT2D eigenvalue weighted by Crippen LogP contribution is 2.24. The summed E-state index contributed by atoms with van der Waals surface area (Å²) < 4.78 is 31.7. The molecule has 180 valence electrons. The van der Waals surface area contributed by atoms with Crippen molar-refractivity contribution < 1.29 is 13.2 Å². The van der Waals surface area contributed by atoms with Crippen LogP contribution < -0.4 is 9.57 Å². The van der Waals surface area contributed by atoms with Crippen molar-refractivity contribution in [2.24, 2.45) is 0 Å². The smallest absolute Gasteiger partial charge is 0.253 e. The van der Waals surface area contributed by atoms with Gasteiger partial charge in [-0.2, -0.15) is 0 Å². The molecule has 2 heterocycles. The van der Waals surface area contributed by atoms with Crippen LogP contribution in [0.2, 0.25) is 0 Å². The lowest BCUT2D eigenvalue weighted by Crippen LogP contribution is -2.45. The number of nitrogens with zero attached hydrogens (tertiary/aromatic N) is 2. The molecule has 0 saturated carbocycles. The van der Waals surface area contributed by atoms with E-state index in [0.29, 0.717) is 17.4 Å². The lowest BCUT2D eigenvalue weighted by atomic mass is 10.0. The van der Waals surface area contributed by atoms with E-state index in [4.69, 9.17) is 4.74 Å². The number of hydrogen-bond acceptors (Lipinski definition) is 5. The number of aromatic nitrogens is 1. The minimum atomic E-state index is -3.58. The fourth-order valence-corrected chi connectivity index (χ4v) is 5.41. The summed E-state index contributed by atoms with van der Waals surface area (Å²) in [5.41, 5.74) is 3.12. The van der Waals surface area contributed by atoms with Crippen molar-refractivity contribution in [3.8, 4) is 17.0 Å². The molecule has 4 rings (SSSR count). The predicted octanol–water partition coefficient (Wildman–Crippen LogP) is 5.39. The van der Waals surface area contributed by atoms with Gasteiger partial charge in [0, 0.05) is 24.3 Å². The van der Waals surface area contributed by atoms with Crippen molar-refractivity contribution in [3.05, 3.63) is 78.5 Å². The monoisotopic (exact) mass is 479 g/mol. The number of pyridine rings is 1. The van der Waals surface area contributed by atoms with E-state index in [1.807, 2.05) is 59.6 Å². The van der Waals surface area contributed by atoms with E-state index in [1.54, 1.807) is 18.3 Å². The second-order valence-electron chi connectivity index (χ2n) is 9.04. The first-order valence-corrected chi connectivity index (χ1v) is 13.4. The molecule has 1 unspecified atom stereocenters. The van der Waals surface area contributed by atoms with Gasteiger partial charge in [-0.1, -0.05) is 32.0 Å². The molecule has 0 spiro atoms. The maximum Gasteiger partial charge on any atom is 0.253 e. The van der Waals surface area contributed by atoms with E-state index >= 15 is 0 Å². The second-order valence-corrected chi connectivity index (χ2v) is 10.7. The Bertz CT molecular complexity index is 1150. The number of nitrogens with one attached hydrogen (secondary N) is 1. The minimum absolute atomic E-state index is 0.180. The van der Waals surface area contributed by atoms with E-state index in [-0.39, 0.29) is 6.04 Å². The number of hydrogen-bond donors (Lipinski definition) is 1. The normalized spacial score (nSPS) is 16.7. The fourth-order valence-electron chi connectivity index (χ4n) is 4.26. The van der Waals surface area contributed by atoms with Gasteiger partial charge in [0.05, 0.1) is 17.2 Å². The zero-order valence-corrected chi connectivity index (χ0v) is 20.7. The molecular formula is C27H33N3O3S. The summed E-state index contributed by atoms with van der Waals surface area (Å²) >= 11 is 0. The molecule has 0 radical (unpaired) electrons. The Morgan fingerprint density at radius 3 is 2.50 bits per heavy atom. The average Bonchev–Trinajstić information content (AvgIpc) is 3.29. The molecule has 6 nitrogen and oxygen atoms in total. The van der Waals surface area contributed by atoms with Crippen LogP contribution in [0.3, 0.4) is 0 Å². The Morgan fingerprint density at radius 1 is 1.06 bits per heavy atom. The van der Waals surface area contributed by atoms with Crippen LogP contribution in [0.25, 0.3) is 11.3 Å². The van der Waals surface area contributed by atoms with Crippen LogP contribution in [0, 0.1) is 0 Å². The molecular weight excluding hydrogens is 446 g/mol. The molecule has 7 heteroatoms. The first-order chi connectivity index (χ1) is 16.4. The van der Waals surface area contributed by atoms with Crippen molar-refractivity contribution in [1.29, 1.82) is 0 Å². The molecule has 1 aliphatic heterocycles. The summed E-state index contributed by atoms with van der Waals surface area (Å²) in [5.74, 6) is 1.20. The number of rotatable bonds is 10. The SMILES string of the molecule is CC(C)c1ccc(S(=O)(=O)NN2CCCC2CCCOc2ccc(-c3ccccn3)cc2)cc1. The van der Waals surface area contributed by atoms with Crippen molar-refractivity contribution >= 4 is 10.0 Å². The van der Waals surface area contributed by atoms with E-state index in [1.165, 1.54) is 0 Å². The molecule has 3 aromatic rings. The standard InChI is InChI=1S/C27H33N3O3S/c1-21(2)22-12-16-26(17-13-22)34(31,32)29-30-19-5-7-24(30)8-6-20-33-25-14-10-23(11-15-25)27-9-3-4-18-28-27/h3-4,9-18,21,24,29H,5-8,19-20H2,1-2H3. The van der Waals surface area contributed by atoms with E-state index in [9.17, 15) is 8.42 Å². The maximum atomic E-state index is 12.9. The summed E-state index contributed by atoms with van der Waals surface area (Å²) in [6.07, 6.45) is 5.48. The molecule has 1 aromatic heterocycles. The number of sulfonamides is 1. The Labute approximate surface area is 203 Å². The van der Waals surface area contributed by atoms with Gasteiger partial charge in [-0.3, -0.25) is 4.98 Å². The van der Waals surface area contributed by atoms with Crippen LogP contribution >= 0.6 is 0 Å². The quantitative estimate of drug-likeness (QED) is 0.395. The Hall–Kier alpha value is -2.74. The first kappa shape index (κ1) is 24.4. The number of ether oxygens (including phenoxy) is 1. The molecule has 0 aliphatic carbocycles. The lowest BCUT2D eigenvalue weighted by molar-refractivity contribution is 0.197. The molecule has 1 atom stereocenters. The highest BCUT2D eigenvalue weighted by atomic mass is 32.2. The van der Waals surface area contributed by atoms with Crippen molar-refractivity contribution in [3.63, 3.8) is 0 Å². The van der Waals surface area contributed by atoms with Crippen molar-refractivity contribution in [2.75, 3.05) is 13.2 Å². The Balaban J connectivity index is 1.25. The zero-order chi connectivity index (χ0) is 24.0. The minimum Gasteiger partial charge on any atom is -0.494 e. The maximum absolute atomic E-state index is 12.9. The number of benzene rings is 2. The van der Waals surface area contributed by atoms with Crippen LogP contribution in [0.15, 0.2) is 77.8 Å². The van der Waals surface area contributed by atoms with Gasteiger partial charge in [-0.25, -0.2) is 13.4 Å². The third kappa shape index (κ3) is 6.23. The van der Waals surface area contributed by atoms with E-state index in [0.717, 1.165) is 54.8 Å². The van der Waals surface area contributed by atoms with Gasteiger partial charge in [-0.05, 0) is 85.7 Å². The predicted molar refractivity (Wildman–Crippen MR) is 135 cm³/mol. The highest BCUT2D eigenvalue weighted by molar-refractivity contribution is 7.89. The van der Waals surface area contributed by atoms with Gasteiger partial charge >= 0.3 is 0 Å². The van der Waals surface area contributed by atoms with E-state index in [2.05, 4.69) is 23.7 Å². The molecule has 1 saturated heterocycles. The molecule has 2 aromatic carbocycles. The van der Waals surface area contributed by atoms with Crippen LogP contribution in [0.1, 0.15) is 51.0 Å². The summed E-state index contributed by atoms with van der Waals surface area (Å²) in [4.78, 5) is 7.48. The van der Waals surface area contributed by atoms with Gasteiger partial charge in [0.25, 0.3) is 10.0 Å². The average molecular weight is 480 g/mol. The Morgan fingerprint density at radius 2 is 1.82 bits per heavy atom. The first-order valence-electron chi connectivity index (χ1n) is 12.0. The summed E-state index contributed by atoms with van der Waals surface area (Å²) in [5, 5.41) is 1.88. The molecule has 1 fully saturated rings. The summed E-state index contributed by atoms with van der Waals surface area (Å²) in [6.45, 7) is 5.51. The van der Waals surface area contributed by atoms with Gasteiger partial charge in [0.1, 0.15) is 5.75 Å². The van der Waals surface area contributed by atoms with E-state index < -0.39 is 10.0 Å². The Kier molecular flexibility index (Phi) is 7.98. The molecule has 34 heavy (non-hydrogen) atoms. The number of hydrazine groups is 1. The summed E-state index contributed by atoms with van der Waals surface area (Å²) in [6, 6.07) is 21.2. The molecule has 1 aliphatic rings. The van der Waals surface area contributed by atoms with Gasteiger partial charge in [-0.15, -0.1) is 4.83 Å². The largest absolute Gasteiger partial charge is 0.494 e. The third-order valence-corrected chi connectivity index (χ3v) is 7.60. The van der Waals surface area contributed by atoms with Gasteiger partial charge in [0.15, 0.2) is 0 Å². The second kappa shape index (κ2) is 11.1. The van der Waals surface area contributed by atoms with Crippen LogP contribution in [0.4, 0.5) is 0 Å². The van der Waals surface area contributed by atoms with Gasteiger partial charge < -0.3 is 4.74 Å². The fraction of sp³-hybridized carbons (Fsp3) is 0.370. The van der Waals surface area contributed by atoms with Crippen LogP contribution in [-0.4, -0.2) is 37.6 Å². The topological polar surface area (TPSA) is 71.5 Å².